The highest BCUT2D eigenvalue weighted by Crippen LogP contribution is 2.27. The van der Waals surface area contributed by atoms with Gasteiger partial charge >= 0.3 is 6.09 Å². The maximum atomic E-state index is 12.4. The Morgan fingerprint density at radius 2 is 2.19 bits per heavy atom. The van der Waals surface area contributed by atoms with Crippen molar-refractivity contribution < 1.29 is 9.53 Å². The van der Waals surface area contributed by atoms with Gasteiger partial charge in [-0.3, -0.25) is 4.90 Å². The fourth-order valence-corrected chi connectivity index (χ4v) is 2.60. The van der Waals surface area contributed by atoms with Crippen LogP contribution in [0.1, 0.15) is 38.1 Å². The van der Waals surface area contributed by atoms with Crippen LogP contribution in [0.4, 0.5) is 4.79 Å². The van der Waals surface area contributed by atoms with Crippen molar-refractivity contribution in [1.82, 2.24) is 15.2 Å². The molecule has 1 unspecified atom stereocenters. The second-order valence-corrected chi connectivity index (χ2v) is 6.59. The third-order valence-corrected chi connectivity index (χ3v) is 3.53. The molecule has 0 aliphatic carbocycles. The van der Waals surface area contributed by atoms with Crippen molar-refractivity contribution in [2.75, 3.05) is 19.6 Å². The summed E-state index contributed by atoms with van der Waals surface area (Å²) < 4.78 is 5.51. The summed E-state index contributed by atoms with van der Waals surface area (Å²) in [7, 11) is 0. The second-order valence-electron chi connectivity index (χ2n) is 6.20. The van der Waals surface area contributed by atoms with Crippen LogP contribution in [0, 0.1) is 6.92 Å². The first-order valence-electron chi connectivity index (χ1n) is 7.11. The minimum Gasteiger partial charge on any atom is -0.444 e. The highest BCUT2D eigenvalue weighted by atomic mass is 35.5. The van der Waals surface area contributed by atoms with Gasteiger partial charge in [0.25, 0.3) is 0 Å². The van der Waals surface area contributed by atoms with Crippen LogP contribution in [0.5, 0.6) is 0 Å². The summed E-state index contributed by atoms with van der Waals surface area (Å²) in [5.74, 6) is 0. The van der Waals surface area contributed by atoms with Gasteiger partial charge in [-0.2, -0.15) is 0 Å². The van der Waals surface area contributed by atoms with Gasteiger partial charge in [-0.05, 0) is 39.3 Å². The number of nitrogens with one attached hydrogen (secondary N) is 1. The molecular weight excluding hydrogens is 290 g/mol. The zero-order chi connectivity index (χ0) is 15.6. The summed E-state index contributed by atoms with van der Waals surface area (Å²) in [5.41, 5.74) is 1.34. The molecule has 1 aromatic heterocycles. The van der Waals surface area contributed by atoms with Crippen molar-refractivity contribution in [3.63, 3.8) is 0 Å². The Labute approximate surface area is 130 Å². The van der Waals surface area contributed by atoms with Crippen LogP contribution < -0.4 is 5.32 Å². The first-order valence-corrected chi connectivity index (χ1v) is 7.49. The van der Waals surface area contributed by atoms with Crippen molar-refractivity contribution >= 4 is 17.7 Å². The minimum atomic E-state index is -0.500. The first-order chi connectivity index (χ1) is 9.78. The molecule has 116 valence electrons. The number of carbonyl (C=O) groups excluding carboxylic acids is 1. The van der Waals surface area contributed by atoms with Crippen LogP contribution in [0.3, 0.4) is 0 Å². The predicted molar refractivity (Wildman–Crippen MR) is 82.5 cm³/mol. The number of pyridine rings is 1. The van der Waals surface area contributed by atoms with Crippen molar-refractivity contribution in [3.8, 4) is 0 Å². The standard InChI is InChI=1S/C15H22ClN3O2/c1-10-11(5-6-13(16)18-10)12-9-17-7-8-19(12)14(20)21-15(2,3)4/h5-6,12,17H,7-9H2,1-4H3. The minimum absolute atomic E-state index is 0.0848. The molecule has 0 radical (unpaired) electrons. The molecule has 1 N–H and O–H groups in total. The molecular formula is C15H22ClN3O2. The maximum absolute atomic E-state index is 12.4. The second kappa shape index (κ2) is 6.20. The van der Waals surface area contributed by atoms with Crippen molar-refractivity contribution in [3.05, 3.63) is 28.5 Å². The average Bonchev–Trinajstić information content (AvgIpc) is 2.37. The molecule has 1 saturated heterocycles. The molecule has 5 nitrogen and oxygen atoms in total. The predicted octanol–water partition coefficient (Wildman–Crippen LogP) is 2.92. The quantitative estimate of drug-likeness (QED) is 0.810. The van der Waals surface area contributed by atoms with Gasteiger partial charge < -0.3 is 10.1 Å². The van der Waals surface area contributed by atoms with E-state index in [1.807, 2.05) is 33.8 Å². The topological polar surface area (TPSA) is 54.5 Å². The summed E-state index contributed by atoms with van der Waals surface area (Å²) >= 11 is 5.91. The molecule has 2 rings (SSSR count). The van der Waals surface area contributed by atoms with E-state index in [0.29, 0.717) is 18.2 Å². The Morgan fingerprint density at radius 1 is 1.48 bits per heavy atom. The highest BCUT2D eigenvalue weighted by molar-refractivity contribution is 6.29. The zero-order valence-corrected chi connectivity index (χ0v) is 13.7. The van der Waals surface area contributed by atoms with Crippen LogP contribution in [0.15, 0.2) is 12.1 Å². The summed E-state index contributed by atoms with van der Waals surface area (Å²) in [6.07, 6.45) is -0.289. The Balaban J connectivity index is 2.24. The molecule has 0 aromatic carbocycles. The molecule has 21 heavy (non-hydrogen) atoms. The fourth-order valence-electron chi connectivity index (χ4n) is 2.41. The normalized spacial score (nSPS) is 19.5. The number of hydrogen-bond acceptors (Lipinski definition) is 4. The molecule has 0 spiro atoms. The molecule has 2 heterocycles. The van der Waals surface area contributed by atoms with E-state index >= 15 is 0 Å². The number of aryl methyl sites for hydroxylation is 1. The lowest BCUT2D eigenvalue weighted by Crippen LogP contribution is -2.50. The zero-order valence-electron chi connectivity index (χ0n) is 12.9. The van der Waals surface area contributed by atoms with Crippen LogP contribution in [-0.2, 0) is 4.74 Å². The molecule has 1 amide bonds. The van der Waals surface area contributed by atoms with Crippen LogP contribution in [0.25, 0.3) is 0 Å². The van der Waals surface area contributed by atoms with Gasteiger partial charge in [0.05, 0.1) is 6.04 Å². The molecule has 0 saturated carbocycles. The van der Waals surface area contributed by atoms with E-state index in [9.17, 15) is 4.79 Å². The summed E-state index contributed by atoms with van der Waals surface area (Å²) in [6.45, 7) is 9.58. The van der Waals surface area contributed by atoms with Crippen LogP contribution in [-0.4, -0.2) is 41.2 Å². The molecule has 0 bridgehead atoms. The maximum Gasteiger partial charge on any atom is 0.410 e. The number of aromatic nitrogens is 1. The van der Waals surface area contributed by atoms with Crippen molar-refractivity contribution in [2.24, 2.45) is 0 Å². The largest absolute Gasteiger partial charge is 0.444 e. The Morgan fingerprint density at radius 3 is 2.81 bits per heavy atom. The van der Waals surface area contributed by atoms with Crippen LogP contribution in [0.2, 0.25) is 5.15 Å². The number of carbonyl (C=O) groups is 1. The Kier molecular flexibility index (Phi) is 4.74. The number of nitrogens with zero attached hydrogens (tertiary/aromatic N) is 2. The molecule has 1 aliphatic heterocycles. The lowest BCUT2D eigenvalue weighted by molar-refractivity contribution is 0.0117. The summed E-state index contributed by atoms with van der Waals surface area (Å²) in [5, 5.41) is 3.77. The summed E-state index contributed by atoms with van der Waals surface area (Å²) in [4.78, 5) is 18.4. The number of amides is 1. The third-order valence-electron chi connectivity index (χ3n) is 3.32. The number of piperazine rings is 1. The fraction of sp³-hybridized carbons (Fsp3) is 0.600. The number of ether oxygens (including phenoxy) is 1. The number of hydrogen-bond donors (Lipinski definition) is 1. The molecule has 6 heteroatoms. The SMILES string of the molecule is Cc1nc(Cl)ccc1C1CNCCN1C(=O)OC(C)(C)C. The van der Waals surface area contributed by atoms with Gasteiger partial charge in [-0.25, -0.2) is 9.78 Å². The Hall–Kier alpha value is -1.33. The molecule has 1 fully saturated rings. The van der Waals surface area contributed by atoms with Gasteiger partial charge in [-0.15, -0.1) is 0 Å². The van der Waals surface area contributed by atoms with E-state index in [4.69, 9.17) is 16.3 Å². The van der Waals surface area contributed by atoms with Gasteiger partial charge in [-0.1, -0.05) is 17.7 Å². The number of halogens is 1. The molecule has 1 atom stereocenters. The van der Waals surface area contributed by atoms with Gasteiger partial charge in [0.2, 0.25) is 0 Å². The highest BCUT2D eigenvalue weighted by Gasteiger charge is 2.32. The first kappa shape index (κ1) is 16.0. The van der Waals surface area contributed by atoms with E-state index in [-0.39, 0.29) is 12.1 Å². The third kappa shape index (κ3) is 4.08. The lowest BCUT2D eigenvalue weighted by Gasteiger charge is -2.37. The van der Waals surface area contributed by atoms with Gasteiger partial charge in [0, 0.05) is 25.3 Å². The van der Waals surface area contributed by atoms with Crippen molar-refractivity contribution in [1.29, 1.82) is 0 Å². The van der Waals surface area contributed by atoms with E-state index in [1.165, 1.54) is 0 Å². The van der Waals surface area contributed by atoms with Gasteiger partial charge in [0.15, 0.2) is 0 Å². The monoisotopic (exact) mass is 311 g/mol. The van der Waals surface area contributed by atoms with E-state index < -0.39 is 5.60 Å². The van der Waals surface area contributed by atoms with Gasteiger partial charge in [0.1, 0.15) is 10.8 Å². The molecule has 1 aliphatic rings. The Bertz CT molecular complexity index is 528. The van der Waals surface area contributed by atoms with E-state index in [1.54, 1.807) is 11.0 Å². The van der Waals surface area contributed by atoms with Crippen LogP contribution >= 0.6 is 11.6 Å². The smallest absolute Gasteiger partial charge is 0.410 e. The van der Waals surface area contributed by atoms with Crippen molar-refractivity contribution in [2.45, 2.75) is 39.3 Å². The van der Waals surface area contributed by atoms with E-state index in [0.717, 1.165) is 17.8 Å². The molecule has 1 aromatic rings. The lowest BCUT2D eigenvalue weighted by atomic mass is 10.0. The van der Waals surface area contributed by atoms with E-state index in [2.05, 4.69) is 10.3 Å². The average molecular weight is 312 g/mol. The summed E-state index contributed by atoms with van der Waals surface area (Å²) in [6, 6.07) is 3.60. The number of rotatable bonds is 1.